The Morgan fingerprint density at radius 3 is 2.26 bits per heavy atom. The monoisotopic (exact) mass is 271 g/mol. The van der Waals surface area contributed by atoms with Crippen molar-refractivity contribution < 1.29 is 13.5 Å². The molecule has 0 aliphatic carbocycles. The molecule has 1 rings (SSSR count). The molecule has 0 saturated heterocycles. The molecule has 1 aromatic carbocycles. The minimum absolute atomic E-state index is 0.0577. The fourth-order valence-electron chi connectivity index (χ4n) is 1.90. The van der Waals surface area contributed by atoms with Crippen LogP contribution in [-0.4, -0.2) is 6.61 Å². The molecule has 0 unspecified atom stereocenters. The second-order valence-electron chi connectivity index (χ2n) is 4.77. The average molecular weight is 271 g/mol. The summed E-state index contributed by atoms with van der Waals surface area (Å²) in [6.45, 7) is 2.60. The first-order valence-electron chi connectivity index (χ1n) is 7.02. The fraction of sp³-hybridized carbons (Fsp3) is 0.600. The summed E-state index contributed by atoms with van der Waals surface area (Å²) in [5, 5.41) is 0. The van der Waals surface area contributed by atoms with Crippen LogP contribution in [-0.2, 0) is 0 Å². The van der Waals surface area contributed by atoms with Crippen LogP contribution in [0.1, 0.15) is 51.9 Å². The number of nitrogens with two attached hydrogens (primary N) is 1. The van der Waals surface area contributed by atoms with Gasteiger partial charge in [-0.3, -0.25) is 0 Å². The predicted octanol–water partition coefficient (Wildman–Crippen LogP) is 4.68. The minimum Gasteiger partial charge on any atom is -0.490 e. The third-order valence-electron chi connectivity index (χ3n) is 3.06. The number of anilines is 1. The largest absolute Gasteiger partial charge is 0.490 e. The zero-order valence-electron chi connectivity index (χ0n) is 11.6. The van der Waals surface area contributed by atoms with Gasteiger partial charge in [0.2, 0.25) is 0 Å². The molecular weight excluding hydrogens is 248 g/mol. The Kier molecular flexibility index (Phi) is 7.23. The highest BCUT2D eigenvalue weighted by atomic mass is 19.1. The van der Waals surface area contributed by atoms with Gasteiger partial charge in [0.25, 0.3) is 0 Å². The second kappa shape index (κ2) is 8.73. The topological polar surface area (TPSA) is 35.2 Å². The molecule has 2 N–H and O–H groups in total. The third-order valence-corrected chi connectivity index (χ3v) is 3.06. The molecule has 0 saturated carbocycles. The van der Waals surface area contributed by atoms with Gasteiger partial charge in [-0.05, 0) is 6.42 Å². The Morgan fingerprint density at radius 1 is 0.947 bits per heavy atom. The summed E-state index contributed by atoms with van der Waals surface area (Å²) < 4.78 is 31.7. The first kappa shape index (κ1) is 15.7. The number of ether oxygens (including phenoxy) is 1. The summed E-state index contributed by atoms with van der Waals surface area (Å²) in [5.74, 6) is -1.31. The maximum absolute atomic E-state index is 13.4. The molecule has 19 heavy (non-hydrogen) atoms. The van der Waals surface area contributed by atoms with Crippen LogP contribution in [0.15, 0.2) is 12.1 Å². The highest BCUT2D eigenvalue weighted by molar-refractivity contribution is 5.44. The number of benzene rings is 1. The van der Waals surface area contributed by atoms with E-state index in [2.05, 4.69) is 6.92 Å². The molecular formula is C15H23F2NO. The summed E-state index contributed by atoms with van der Waals surface area (Å²) in [7, 11) is 0. The maximum Gasteiger partial charge on any atom is 0.167 e. The van der Waals surface area contributed by atoms with Gasteiger partial charge in [-0.25, -0.2) is 8.78 Å². The van der Waals surface area contributed by atoms with Crippen LogP contribution in [0.2, 0.25) is 0 Å². The van der Waals surface area contributed by atoms with Gasteiger partial charge in [0.05, 0.1) is 12.3 Å². The van der Waals surface area contributed by atoms with Gasteiger partial charge in [0.1, 0.15) is 5.82 Å². The average Bonchev–Trinajstić information content (AvgIpc) is 2.38. The Hall–Kier alpha value is -1.32. The highest BCUT2D eigenvalue weighted by Gasteiger charge is 2.08. The van der Waals surface area contributed by atoms with E-state index in [4.69, 9.17) is 10.5 Å². The maximum atomic E-state index is 13.4. The van der Waals surface area contributed by atoms with Crippen LogP contribution in [0, 0.1) is 11.6 Å². The van der Waals surface area contributed by atoms with E-state index in [0.29, 0.717) is 6.61 Å². The van der Waals surface area contributed by atoms with Crippen LogP contribution in [0.5, 0.6) is 5.75 Å². The van der Waals surface area contributed by atoms with E-state index in [9.17, 15) is 8.78 Å². The molecule has 4 heteroatoms. The first-order valence-corrected chi connectivity index (χ1v) is 7.02. The second-order valence-corrected chi connectivity index (χ2v) is 4.77. The van der Waals surface area contributed by atoms with E-state index in [0.717, 1.165) is 25.0 Å². The molecule has 0 bridgehead atoms. The lowest BCUT2D eigenvalue weighted by molar-refractivity contribution is 0.288. The molecule has 0 radical (unpaired) electrons. The smallest absolute Gasteiger partial charge is 0.167 e. The van der Waals surface area contributed by atoms with Crippen LogP contribution in [0.4, 0.5) is 14.5 Å². The lowest BCUT2D eigenvalue weighted by Gasteiger charge is -2.08. The van der Waals surface area contributed by atoms with Gasteiger partial charge < -0.3 is 10.5 Å². The number of unbranched alkanes of at least 4 members (excludes halogenated alkanes) is 6. The fourth-order valence-corrected chi connectivity index (χ4v) is 1.90. The zero-order chi connectivity index (χ0) is 14.1. The van der Waals surface area contributed by atoms with E-state index in [1.807, 2.05) is 0 Å². The molecule has 0 spiro atoms. The van der Waals surface area contributed by atoms with Crippen LogP contribution in [0.3, 0.4) is 0 Å². The SMILES string of the molecule is CCCCCCCCCOc1cc(F)c(N)cc1F. The quantitative estimate of drug-likeness (QED) is 0.523. The molecule has 0 heterocycles. The van der Waals surface area contributed by atoms with Crippen molar-refractivity contribution in [3.8, 4) is 5.75 Å². The van der Waals surface area contributed by atoms with Gasteiger partial charge in [0, 0.05) is 12.1 Å². The van der Waals surface area contributed by atoms with E-state index in [1.54, 1.807) is 0 Å². The van der Waals surface area contributed by atoms with Crippen LogP contribution >= 0.6 is 0 Å². The summed E-state index contributed by atoms with van der Waals surface area (Å²) in [6.07, 6.45) is 8.12. The predicted molar refractivity (Wildman–Crippen MR) is 74.3 cm³/mol. The number of nitrogen functional groups attached to an aromatic ring is 1. The standard InChI is InChI=1S/C15H23F2NO/c1-2-3-4-5-6-7-8-9-19-15-11-12(16)14(18)10-13(15)17/h10-11H,2-9,18H2,1H3. The number of hydrogen-bond acceptors (Lipinski definition) is 2. The van der Waals surface area contributed by atoms with E-state index >= 15 is 0 Å². The van der Waals surface area contributed by atoms with Crippen molar-refractivity contribution >= 4 is 5.69 Å². The van der Waals surface area contributed by atoms with Crippen LogP contribution in [0.25, 0.3) is 0 Å². The molecule has 2 nitrogen and oxygen atoms in total. The third kappa shape index (κ3) is 5.90. The van der Waals surface area contributed by atoms with Crippen molar-refractivity contribution in [2.45, 2.75) is 51.9 Å². The lowest BCUT2D eigenvalue weighted by Crippen LogP contribution is -2.01. The Bertz CT molecular complexity index is 383. The van der Waals surface area contributed by atoms with Gasteiger partial charge in [-0.1, -0.05) is 45.4 Å². The Morgan fingerprint density at radius 2 is 1.58 bits per heavy atom. The van der Waals surface area contributed by atoms with Gasteiger partial charge in [-0.2, -0.15) is 0 Å². The summed E-state index contributed by atoms with van der Waals surface area (Å²) in [5.41, 5.74) is 5.06. The van der Waals surface area contributed by atoms with Crippen molar-refractivity contribution in [1.29, 1.82) is 0 Å². The van der Waals surface area contributed by atoms with Gasteiger partial charge >= 0.3 is 0 Å². The van der Waals surface area contributed by atoms with Crippen molar-refractivity contribution in [3.05, 3.63) is 23.8 Å². The van der Waals surface area contributed by atoms with Gasteiger partial charge in [-0.15, -0.1) is 0 Å². The Labute approximate surface area is 114 Å². The molecule has 0 aromatic heterocycles. The number of hydrogen-bond donors (Lipinski definition) is 1. The summed E-state index contributed by atoms with van der Waals surface area (Å²) in [4.78, 5) is 0. The zero-order valence-corrected chi connectivity index (χ0v) is 11.6. The number of rotatable bonds is 9. The van der Waals surface area contributed by atoms with E-state index in [-0.39, 0.29) is 11.4 Å². The van der Waals surface area contributed by atoms with Crippen molar-refractivity contribution in [1.82, 2.24) is 0 Å². The van der Waals surface area contributed by atoms with Crippen molar-refractivity contribution in [2.24, 2.45) is 0 Å². The molecule has 0 aliphatic rings. The van der Waals surface area contributed by atoms with Crippen LogP contribution < -0.4 is 10.5 Å². The molecule has 0 aliphatic heterocycles. The van der Waals surface area contributed by atoms with Crippen molar-refractivity contribution in [2.75, 3.05) is 12.3 Å². The van der Waals surface area contributed by atoms with Crippen molar-refractivity contribution in [3.63, 3.8) is 0 Å². The van der Waals surface area contributed by atoms with E-state index in [1.165, 1.54) is 32.1 Å². The minimum atomic E-state index is -0.643. The molecule has 0 atom stereocenters. The lowest BCUT2D eigenvalue weighted by atomic mass is 10.1. The molecule has 1 aromatic rings. The molecule has 0 amide bonds. The number of halogens is 2. The highest BCUT2D eigenvalue weighted by Crippen LogP contribution is 2.23. The molecule has 0 fully saturated rings. The van der Waals surface area contributed by atoms with E-state index < -0.39 is 11.6 Å². The first-order chi connectivity index (χ1) is 9.15. The Balaban J connectivity index is 2.17. The molecule has 108 valence electrons. The van der Waals surface area contributed by atoms with Gasteiger partial charge in [0.15, 0.2) is 11.6 Å². The normalized spacial score (nSPS) is 10.7. The summed E-state index contributed by atoms with van der Waals surface area (Å²) in [6, 6.07) is 1.96. The summed E-state index contributed by atoms with van der Waals surface area (Å²) >= 11 is 0.